The highest BCUT2D eigenvalue weighted by Gasteiger charge is 2.47. The van der Waals surface area contributed by atoms with E-state index in [0.29, 0.717) is 19.4 Å². The van der Waals surface area contributed by atoms with Gasteiger partial charge >= 0.3 is 0 Å². The molecule has 88 valence electrons. The molecular formula is C11H14O4S. The lowest BCUT2D eigenvalue weighted by atomic mass is 10.2. The maximum absolute atomic E-state index is 10.8. The van der Waals surface area contributed by atoms with Gasteiger partial charge in [-0.2, -0.15) is 8.42 Å². The molecule has 1 aromatic carbocycles. The molecule has 1 saturated carbocycles. The maximum atomic E-state index is 10.8. The molecule has 0 atom stereocenters. The molecule has 0 amide bonds. The van der Waals surface area contributed by atoms with Crippen LogP contribution in [0.4, 0.5) is 0 Å². The van der Waals surface area contributed by atoms with Crippen molar-refractivity contribution in [3.05, 3.63) is 35.9 Å². The number of ether oxygens (including phenoxy) is 1. The molecule has 0 aliphatic heterocycles. The van der Waals surface area contributed by atoms with Crippen molar-refractivity contribution in [3.63, 3.8) is 0 Å². The van der Waals surface area contributed by atoms with Gasteiger partial charge in [0.15, 0.2) is 0 Å². The van der Waals surface area contributed by atoms with Gasteiger partial charge < -0.3 is 4.74 Å². The minimum atomic E-state index is -3.95. The minimum Gasteiger partial charge on any atom is -0.369 e. The molecule has 1 aliphatic rings. The standard InChI is InChI=1S/C11H14O4S/c12-16(13,14)9-11(6-7-11)15-8-10-4-2-1-3-5-10/h1-5H,6-9H2,(H,12,13,14). The fourth-order valence-electron chi connectivity index (χ4n) is 1.61. The van der Waals surface area contributed by atoms with Crippen LogP contribution in [0.1, 0.15) is 18.4 Å². The molecule has 0 bridgehead atoms. The second-order valence-corrected chi connectivity index (χ2v) is 5.64. The summed E-state index contributed by atoms with van der Waals surface area (Å²) in [5.41, 5.74) is 0.354. The largest absolute Gasteiger partial charge is 0.369 e. The molecule has 1 N–H and O–H groups in total. The molecule has 1 aromatic rings. The van der Waals surface area contributed by atoms with Crippen molar-refractivity contribution in [2.24, 2.45) is 0 Å². The topological polar surface area (TPSA) is 63.6 Å². The summed E-state index contributed by atoms with van der Waals surface area (Å²) in [7, 11) is -3.95. The summed E-state index contributed by atoms with van der Waals surface area (Å²) in [6.45, 7) is 0.385. The van der Waals surface area contributed by atoms with Crippen LogP contribution in [0.2, 0.25) is 0 Å². The highest BCUT2D eigenvalue weighted by molar-refractivity contribution is 7.85. The molecule has 0 unspecified atom stereocenters. The van der Waals surface area contributed by atoms with Crippen molar-refractivity contribution >= 4 is 10.1 Å². The fraction of sp³-hybridized carbons (Fsp3) is 0.455. The first-order chi connectivity index (χ1) is 7.49. The molecule has 1 fully saturated rings. The van der Waals surface area contributed by atoms with Crippen LogP contribution in [0.3, 0.4) is 0 Å². The number of benzene rings is 1. The van der Waals surface area contributed by atoms with Crippen LogP contribution in [0.25, 0.3) is 0 Å². The summed E-state index contributed by atoms with van der Waals surface area (Å²) in [6.07, 6.45) is 1.39. The molecule has 0 saturated heterocycles. The fourth-order valence-corrected chi connectivity index (χ4v) is 2.65. The first kappa shape index (κ1) is 11.6. The third-order valence-corrected chi connectivity index (χ3v) is 3.53. The van der Waals surface area contributed by atoms with Gasteiger partial charge in [-0.3, -0.25) is 4.55 Å². The maximum Gasteiger partial charge on any atom is 0.267 e. The van der Waals surface area contributed by atoms with Crippen LogP contribution >= 0.6 is 0 Å². The number of hydrogen-bond donors (Lipinski definition) is 1. The SMILES string of the molecule is O=S(=O)(O)CC1(OCc2ccccc2)CC1. The van der Waals surface area contributed by atoms with Gasteiger partial charge in [0, 0.05) is 0 Å². The second-order valence-electron chi connectivity index (χ2n) is 4.18. The van der Waals surface area contributed by atoms with E-state index in [0.717, 1.165) is 5.56 Å². The van der Waals surface area contributed by atoms with Gasteiger partial charge in [0.2, 0.25) is 0 Å². The van der Waals surface area contributed by atoms with E-state index in [2.05, 4.69) is 0 Å². The lowest BCUT2D eigenvalue weighted by molar-refractivity contribution is 0.0348. The zero-order valence-corrected chi connectivity index (χ0v) is 9.61. The molecule has 2 rings (SSSR count). The Morgan fingerprint density at radius 3 is 2.38 bits per heavy atom. The number of rotatable bonds is 5. The summed E-state index contributed by atoms with van der Waals surface area (Å²) in [5, 5.41) is 0. The molecule has 4 nitrogen and oxygen atoms in total. The third kappa shape index (κ3) is 3.30. The van der Waals surface area contributed by atoms with Crippen molar-refractivity contribution in [1.29, 1.82) is 0 Å². The van der Waals surface area contributed by atoms with Crippen LogP contribution in [-0.4, -0.2) is 24.3 Å². The summed E-state index contributed by atoms with van der Waals surface area (Å²) in [6, 6.07) is 9.56. The van der Waals surface area contributed by atoms with Crippen molar-refractivity contribution < 1.29 is 17.7 Å². The Balaban J connectivity index is 1.91. The quantitative estimate of drug-likeness (QED) is 0.797. The second kappa shape index (κ2) is 4.16. The van der Waals surface area contributed by atoms with E-state index in [1.54, 1.807) is 0 Å². The molecule has 5 heteroatoms. The van der Waals surface area contributed by atoms with E-state index in [-0.39, 0.29) is 5.75 Å². The van der Waals surface area contributed by atoms with E-state index in [9.17, 15) is 8.42 Å². The Labute approximate surface area is 95.0 Å². The van der Waals surface area contributed by atoms with Crippen LogP contribution < -0.4 is 0 Å². The summed E-state index contributed by atoms with van der Waals surface area (Å²) in [4.78, 5) is 0. The monoisotopic (exact) mass is 242 g/mol. The van der Waals surface area contributed by atoms with E-state index in [1.165, 1.54) is 0 Å². The predicted octanol–water partition coefficient (Wildman–Crippen LogP) is 1.62. The Morgan fingerprint density at radius 2 is 1.88 bits per heavy atom. The van der Waals surface area contributed by atoms with E-state index >= 15 is 0 Å². The van der Waals surface area contributed by atoms with Gasteiger partial charge in [-0.1, -0.05) is 30.3 Å². The normalized spacial score (nSPS) is 18.3. The lowest BCUT2D eigenvalue weighted by Crippen LogP contribution is -2.25. The van der Waals surface area contributed by atoms with Gasteiger partial charge in [-0.25, -0.2) is 0 Å². The Kier molecular flexibility index (Phi) is 3.01. The summed E-state index contributed by atoms with van der Waals surface area (Å²) in [5.74, 6) is -0.299. The van der Waals surface area contributed by atoms with Gasteiger partial charge in [0.1, 0.15) is 5.75 Å². The first-order valence-electron chi connectivity index (χ1n) is 5.12. The smallest absolute Gasteiger partial charge is 0.267 e. The average molecular weight is 242 g/mol. The molecule has 0 spiro atoms. The molecule has 0 radical (unpaired) electrons. The zero-order valence-electron chi connectivity index (χ0n) is 8.80. The van der Waals surface area contributed by atoms with Crippen molar-refractivity contribution in [3.8, 4) is 0 Å². The van der Waals surface area contributed by atoms with Crippen molar-refractivity contribution in [2.45, 2.75) is 25.0 Å². The zero-order chi connectivity index (χ0) is 11.6. The van der Waals surface area contributed by atoms with Crippen LogP contribution in [-0.2, 0) is 21.5 Å². The average Bonchev–Trinajstić information content (AvgIpc) is 2.95. The molecule has 0 aromatic heterocycles. The van der Waals surface area contributed by atoms with E-state index < -0.39 is 15.7 Å². The number of hydrogen-bond acceptors (Lipinski definition) is 3. The Hall–Kier alpha value is -0.910. The highest BCUT2D eigenvalue weighted by Crippen LogP contribution is 2.41. The van der Waals surface area contributed by atoms with E-state index in [1.807, 2.05) is 30.3 Å². The van der Waals surface area contributed by atoms with Crippen LogP contribution in [0.5, 0.6) is 0 Å². The molecular weight excluding hydrogens is 228 g/mol. The van der Waals surface area contributed by atoms with Gasteiger partial charge in [-0.05, 0) is 18.4 Å². The van der Waals surface area contributed by atoms with Crippen LogP contribution in [0.15, 0.2) is 30.3 Å². The molecule has 1 aliphatic carbocycles. The summed E-state index contributed by atoms with van der Waals surface area (Å²) < 4.78 is 35.9. The molecule has 16 heavy (non-hydrogen) atoms. The van der Waals surface area contributed by atoms with Gasteiger partial charge in [0.05, 0.1) is 12.2 Å². The third-order valence-electron chi connectivity index (χ3n) is 2.64. The van der Waals surface area contributed by atoms with E-state index in [4.69, 9.17) is 9.29 Å². The van der Waals surface area contributed by atoms with Crippen LogP contribution in [0, 0.1) is 0 Å². The van der Waals surface area contributed by atoms with Crippen molar-refractivity contribution in [2.75, 3.05) is 5.75 Å². The Bertz CT molecular complexity index is 448. The van der Waals surface area contributed by atoms with Gasteiger partial charge in [0.25, 0.3) is 10.1 Å². The molecule has 0 heterocycles. The summed E-state index contributed by atoms with van der Waals surface area (Å²) >= 11 is 0. The Morgan fingerprint density at radius 1 is 1.25 bits per heavy atom. The minimum absolute atomic E-state index is 0.299. The highest BCUT2D eigenvalue weighted by atomic mass is 32.2. The first-order valence-corrected chi connectivity index (χ1v) is 6.73. The van der Waals surface area contributed by atoms with Crippen molar-refractivity contribution in [1.82, 2.24) is 0 Å². The lowest BCUT2D eigenvalue weighted by Gasteiger charge is -2.14. The predicted molar refractivity (Wildman–Crippen MR) is 59.6 cm³/mol. The van der Waals surface area contributed by atoms with Gasteiger partial charge in [-0.15, -0.1) is 0 Å².